The van der Waals surface area contributed by atoms with Crippen LogP contribution in [-0.4, -0.2) is 10.9 Å². The Hall–Kier alpha value is -2.85. The minimum absolute atomic E-state index is 0.0416. The summed E-state index contributed by atoms with van der Waals surface area (Å²) in [6.45, 7) is 6.52. The van der Waals surface area contributed by atoms with Gasteiger partial charge in [0, 0.05) is 23.9 Å². The number of nitrogens with one attached hydrogen (secondary N) is 1. The summed E-state index contributed by atoms with van der Waals surface area (Å²) in [5, 5.41) is 3.52. The van der Waals surface area contributed by atoms with E-state index in [0.717, 1.165) is 29.8 Å². The Bertz CT molecular complexity index is 1100. The summed E-state index contributed by atoms with van der Waals surface area (Å²) in [6, 6.07) is 17.7. The molecule has 1 aliphatic carbocycles. The number of amides is 1. The molecule has 1 aliphatic rings. The number of anilines is 1. The summed E-state index contributed by atoms with van der Waals surface area (Å²) < 4.78 is 5.94. The fourth-order valence-electron chi connectivity index (χ4n) is 3.91. The molecule has 4 rings (SSSR count). The van der Waals surface area contributed by atoms with Gasteiger partial charge in [-0.05, 0) is 71.7 Å². The van der Waals surface area contributed by atoms with E-state index in [4.69, 9.17) is 16.3 Å². The molecule has 0 radical (unpaired) electrons. The molecular formula is C26H27ClN2O2. The van der Waals surface area contributed by atoms with Crippen LogP contribution in [0.2, 0.25) is 5.15 Å². The average Bonchev–Trinajstić information content (AvgIpc) is 2.73. The summed E-state index contributed by atoms with van der Waals surface area (Å²) in [6.07, 6.45) is 4.05. The summed E-state index contributed by atoms with van der Waals surface area (Å²) in [7, 11) is 0. The minimum Gasteiger partial charge on any atom is -0.457 e. The molecule has 160 valence electrons. The smallest absolute Gasteiger partial charge is 0.227 e. The van der Waals surface area contributed by atoms with E-state index in [2.05, 4.69) is 49.3 Å². The first-order valence-electron chi connectivity index (χ1n) is 10.6. The highest BCUT2D eigenvalue weighted by Gasteiger charge is 2.25. The normalized spacial score (nSPS) is 15.8. The first kappa shape index (κ1) is 21.4. The standard InChI is InChI=1S/C26H27ClN2O2/c1-26(2,3)20-5-4-6-21(15-20)29-25(30)18-8-7-17-9-10-22(14-19(17)13-18)31-23-11-12-28-24(27)16-23/h4-6,9-12,14-16,18H,7-8,13H2,1-3H3,(H,29,30). The third kappa shape index (κ3) is 5.26. The van der Waals surface area contributed by atoms with Gasteiger partial charge in [0.1, 0.15) is 16.7 Å². The fraction of sp³-hybridized carbons (Fsp3) is 0.308. The second kappa shape index (κ2) is 8.72. The van der Waals surface area contributed by atoms with Crippen molar-refractivity contribution in [3.05, 3.63) is 82.6 Å². The predicted octanol–water partition coefficient (Wildman–Crippen LogP) is 6.57. The largest absolute Gasteiger partial charge is 0.457 e. The van der Waals surface area contributed by atoms with Gasteiger partial charge in [0.2, 0.25) is 5.91 Å². The number of fused-ring (bicyclic) bond motifs is 1. The SMILES string of the molecule is CC(C)(C)c1cccc(NC(=O)C2CCc3ccc(Oc4ccnc(Cl)c4)cc3C2)c1. The number of carbonyl (C=O) groups is 1. The van der Waals surface area contributed by atoms with E-state index in [1.807, 2.05) is 24.3 Å². The highest BCUT2D eigenvalue weighted by Crippen LogP contribution is 2.32. The lowest BCUT2D eigenvalue weighted by molar-refractivity contribution is -0.120. The van der Waals surface area contributed by atoms with Crippen molar-refractivity contribution in [3.8, 4) is 11.5 Å². The van der Waals surface area contributed by atoms with E-state index < -0.39 is 0 Å². The molecule has 1 heterocycles. The molecule has 1 unspecified atom stereocenters. The molecule has 1 atom stereocenters. The van der Waals surface area contributed by atoms with E-state index in [-0.39, 0.29) is 17.2 Å². The quantitative estimate of drug-likeness (QED) is 0.472. The minimum atomic E-state index is -0.0589. The van der Waals surface area contributed by atoms with Crippen molar-refractivity contribution in [1.29, 1.82) is 0 Å². The maximum absolute atomic E-state index is 13.0. The Morgan fingerprint density at radius 3 is 2.65 bits per heavy atom. The summed E-state index contributed by atoms with van der Waals surface area (Å²) in [5.41, 5.74) is 4.54. The van der Waals surface area contributed by atoms with E-state index in [9.17, 15) is 4.79 Å². The van der Waals surface area contributed by atoms with Crippen LogP contribution in [-0.2, 0) is 23.1 Å². The van der Waals surface area contributed by atoms with Crippen LogP contribution in [0.25, 0.3) is 0 Å². The molecule has 1 aromatic heterocycles. The van der Waals surface area contributed by atoms with Crippen LogP contribution in [0.5, 0.6) is 11.5 Å². The van der Waals surface area contributed by atoms with Crippen molar-refractivity contribution in [2.45, 2.75) is 45.4 Å². The number of hydrogen-bond donors (Lipinski definition) is 1. The fourth-order valence-corrected chi connectivity index (χ4v) is 4.08. The highest BCUT2D eigenvalue weighted by molar-refractivity contribution is 6.29. The molecule has 0 spiro atoms. The number of ether oxygens (including phenoxy) is 1. The lowest BCUT2D eigenvalue weighted by Gasteiger charge is -2.25. The van der Waals surface area contributed by atoms with Crippen LogP contribution in [0.1, 0.15) is 43.9 Å². The van der Waals surface area contributed by atoms with Crippen LogP contribution < -0.4 is 10.1 Å². The molecular weight excluding hydrogens is 408 g/mol. The van der Waals surface area contributed by atoms with Gasteiger partial charge in [-0.2, -0.15) is 0 Å². The first-order valence-corrected chi connectivity index (χ1v) is 11.0. The lowest BCUT2D eigenvalue weighted by atomic mass is 9.83. The second-order valence-corrected chi connectivity index (χ2v) is 9.49. The van der Waals surface area contributed by atoms with Crippen molar-refractivity contribution >= 4 is 23.2 Å². The molecule has 1 N–H and O–H groups in total. The monoisotopic (exact) mass is 434 g/mol. The van der Waals surface area contributed by atoms with E-state index in [1.54, 1.807) is 18.3 Å². The lowest BCUT2D eigenvalue weighted by Crippen LogP contribution is -2.28. The van der Waals surface area contributed by atoms with Crippen LogP contribution in [0, 0.1) is 5.92 Å². The number of halogens is 1. The number of nitrogens with zero attached hydrogens (tertiary/aromatic N) is 1. The third-order valence-corrected chi connectivity index (χ3v) is 5.91. The summed E-state index contributed by atoms with van der Waals surface area (Å²) >= 11 is 5.95. The van der Waals surface area contributed by atoms with E-state index in [1.165, 1.54) is 11.1 Å². The molecule has 1 amide bonds. The van der Waals surface area contributed by atoms with Crippen molar-refractivity contribution < 1.29 is 9.53 Å². The Morgan fingerprint density at radius 2 is 1.87 bits per heavy atom. The Balaban J connectivity index is 1.46. The molecule has 3 aromatic rings. The van der Waals surface area contributed by atoms with Crippen LogP contribution in [0.3, 0.4) is 0 Å². The molecule has 0 bridgehead atoms. The van der Waals surface area contributed by atoms with Gasteiger partial charge in [-0.1, -0.05) is 50.6 Å². The number of carbonyl (C=O) groups excluding carboxylic acids is 1. The summed E-state index contributed by atoms with van der Waals surface area (Å²) in [5.74, 6) is 1.39. The zero-order valence-electron chi connectivity index (χ0n) is 18.1. The molecule has 0 saturated heterocycles. The van der Waals surface area contributed by atoms with Crippen molar-refractivity contribution in [1.82, 2.24) is 4.98 Å². The van der Waals surface area contributed by atoms with Gasteiger partial charge in [0.15, 0.2) is 0 Å². The van der Waals surface area contributed by atoms with Crippen LogP contribution >= 0.6 is 11.6 Å². The highest BCUT2D eigenvalue weighted by atomic mass is 35.5. The first-order chi connectivity index (χ1) is 14.8. The molecule has 5 heteroatoms. The van der Waals surface area contributed by atoms with E-state index in [0.29, 0.717) is 17.3 Å². The molecule has 0 fully saturated rings. The van der Waals surface area contributed by atoms with Crippen molar-refractivity contribution in [3.63, 3.8) is 0 Å². The molecule has 0 aliphatic heterocycles. The zero-order chi connectivity index (χ0) is 22.0. The Morgan fingerprint density at radius 1 is 1.06 bits per heavy atom. The number of aryl methyl sites for hydroxylation is 1. The number of hydrogen-bond acceptors (Lipinski definition) is 3. The van der Waals surface area contributed by atoms with Gasteiger partial charge in [-0.15, -0.1) is 0 Å². The van der Waals surface area contributed by atoms with Gasteiger partial charge in [-0.25, -0.2) is 4.98 Å². The number of aromatic nitrogens is 1. The number of benzene rings is 2. The van der Waals surface area contributed by atoms with Gasteiger partial charge in [0.25, 0.3) is 0 Å². The number of rotatable bonds is 4. The van der Waals surface area contributed by atoms with Crippen LogP contribution in [0.15, 0.2) is 60.8 Å². The average molecular weight is 435 g/mol. The van der Waals surface area contributed by atoms with Gasteiger partial charge < -0.3 is 10.1 Å². The number of pyridine rings is 1. The molecule has 4 nitrogen and oxygen atoms in total. The van der Waals surface area contributed by atoms with Gasteiger partial charge in [0.05, 0.1) is 0 Å². The Kier molecular flexibility index (Phi) is 6.01. The van der Waals surface area contributed by atoms with E-state index >= 15 is 0 Å². The molecule has 2 aromatic carbocycles. The maximum atomic E-state index is 13.0. The zero-order valence-corrected chi connectivity index (χ0v) is 18.9. The van der Waals surface area contributed by atoms with Crippen molar-refractivity contribution in [2.24, 2.45) is 5.92 Å². The molecule has 0 saturated carbocycles. The Labute approximate surface area is 188 Å². The second-order valence-electron chi connectivity index (χ2n) is 9.11. The summed E-state index contributed by atoms with van der Waals surface area (Å²) in [4.78, 5) is 17.0. The van der Waals surface area contributed by atoms with Gasteiger partial charge >= 0.3 is 0 Å². The molecule has 31 heavy (non-hydrogen) atoms. The third-order valence-electron chi connectivity index (χ3n) is 5.71. The van der Waals surface area contributed by atoms with Crippen LogP contribution in [0.4, 0.5) is 5.69 Å². The van der Waals surface area contributed by atoms with Gasteiger partial charge in [-0.3, -0.25) is 4.79 Å². The topological polar surface area (TPSA) is 51.2 Å². The van der Waals surface area contributed by atoms with Crippen molar-refractivity contribution in [2.75, 3.05) is 5.32 Å². The maximum Gasteiger partial charge on any atom is 0.227 e. The predicted molar refractivity (Wildman–Crippen MR) is 125 cm³/mol.